The molecule has 0 aliphatic carbocycles. The van der Waals surface area contributed by atoms with E-state index in [4.69, 9.17) is 0 Å². The molecule has 0 radical (unpaired) electrons. The highest BCUT2D eigenvalue weighted by molar-refractivity contribution is 7.16. The summed E-state index contributed by atoms with van der Waals surface area (Å²) < 4.78 is 0. The van der Waals surface area contributed by atoms with Crippen LogP contribution in [0.5, 0.6) is 0 Å². The molecule has 0 saturated carbocycles. The minimum atomic E-state index is -0.371. The van der Waals surface area contributed by atoms with E-state index in [9.17, 15) is 9.59 Å². The molecular formula is C7H4N2O2S. The van der Waals surface area contributed by atoms with Crippen LogP contribution < -0.4 is 11.1 Å². The summed E-state index contributed by atoms with van der Waals surface area (Å²) >= 11 is 1.31. The number of hydrogen-bond donors (Lipinski definition) is 1. The quantitative estimate of drug-likeness (QED) is 0.636. The summed E-state index contributed by atoms with van der Waals surface area (Å²) in [5, 5.41) is 2.20. The predicted molar refractivity (Wildman–Crippen MR) is 46.5 cm³/mol. The van der Waals surface area contributed by atoms with Gasteiger partial charge in [0.15, 0.2) is 0 Å². The van der Waals surface area contributed by atoms with E-state index >= 15 is 0 Å². The first kappa shape index (κ1) is 7.17. The maximum absolute atomic E-state index is 11.1. The first-order valence-electron chi connectivity index (χ1n) is 3.24. The molecule has 0 amide bonds. The maximum Gasteiger partial charge on any atom is 0.280 e. The minimum absolute atomic E-state index is 0.357. The molecule has 12 heavy (non-hydrogen) atoms. The van der Waals surface area contributed by atoms with Gasteiger partial charge >= 0.3 is 0 Å². The summed E-state index contributed by atoms with van der Waals surface area (Å²) in [4.78, 5) is 28.6. The minimum Gasteiger partial charge on any atom is -0.312 e. The standard InChI is InChI=1S/C7H4N2O2S/c10-5-3-8-6(11)4-1-2-12-7(4)9-5/h1-3H,(H,9,10). The van der Waals surface area contributed by atoms with E-state index in [-0.39, 0.29) is 11.1 Å². The van der Waals surface area contributed by atoms with Gasteiger partial charge in [-0.1, -0.05) is 0 Å². The lowest BCUT2D eigenvalue weighted by Gasteiger charge is -1.73. The van der Waals surface area contributed by atoms with Crippen molar-refractivity contribution in [3.63, 3.8) is 0 Å². The van der Waals surface area contributed by atoms with Crippen LogP contribution in [0.1, 0.15) is 0 Å². The fraction of sp³-hybridized carbons (Fsp3) is 0. The SMILES string of the molecule is O=c1cnc(=O)c2ccsc2[nH]1. The number of nitrogens with zero attached hydrogens (tertiary/aromatic N) is 1. The Bertz CT molecular complexity index is 528. The van der Waals surface area contributed by atoms with Gasteiger partial charge in [-0.25, -0.2) is 4.98 Å². The molecule has 0 aliphatic heterocycles. The second kappa shape index (κ2) is 2.53. The van der Waals surface area contributed by atoms with Crippen LogP contribution in [0.15, 0.2) is 27.2 Å². The molecular weight excluding hydrogens is 176 g/mol. The second-order valence-electron chi connectivity index (χ2n) is 2.22. The van der Waals surface area contributed by atoms with Crippen LogP contribution in [-0.4, -0.2) is 9.97 Å². The molecule has 2 aromatic heterocycles. The van der Waals surface area contributed by atoms with Crippen LogP contribution in [0.3, 0.4) is 0 Å². The van der Waals surface area contributed by atoms with E-state index in [2.05, 4.69) is 9.97 Å². The second-order valence-corrected chi connectivity index (χ2v) is 3.13. The van der Waals surface area contributed by atoms with E-state index in [1.807, 2.05) is 0 Å². The highest BCUT2D eigenvalue weighted by Gasteiger charge is 1.97. The van der Waals surface area contributed by atoms with Crippen molar-refractivity contribution in [2.45, 2.75) is 0 Å². The lowest BCUT2D eigenvalue weighted by Crippen LogP contribution is -2.02. The Morgan fingerprint density at radius 3 is 3.08 bits per heavy atom. The molecule has 5 heteroatoms. The van der Waals surface area contributed by atoms with Crippen LogP contribution in [0.4, 0.5) is 0 Å². The van der Waals surface area contributed by atoms with Gasteiger partial charge in [-0.2, -0.15) is 0 Å². The molecule has 0 bridgehead atoms. The number of aromatic amines is 1. The zero-order chi connectivity index (χ0) is 8.55. The molecule has 60 valence electrons. The lowest BCUT2D eigenvalue weighted by molar-refractivity contribution is 1.23. The lowest BCUT2D eigenvalue weighted by atomic mass is 10.4. The molecule has 0 aromatic carbocycles. The number of fused-ring (bicyclic) bond motifs is 1. The van der Waals surface area contributed by atoms with E-state index in [1.54, 1.807) is 11.4 Å². The molecule has 0 atom stereocenters. The van der Waals surface area contributed by atoms with E-state index in [0.29, 0.717) is 10.2 Å². The molecule has 2 rings (SSSR count). The van der Waals surface area contributed by atoms with Crippen LogP contribution >= 0.6 is 11.3 Å². The fourth-order valence-electron chi connectivity index (χ4n) is 0.905. The Labute approximate surface area is 70.5 Å². The van der Waals surface area contributed by atoms with Gasteiger partial charge in [0.05, 0.1) is 11.6 Å². The van der Waals surface area contributed by atoms with Crippen LogP contribution in [0, 0.1) is 0 Å². The third-order valence-electron chi connectivity index (χ3n) is 1.43. The van der Waals surface area contributed by atoms with Gasteiger partial charge in [-0.15, -0.1) is 11.3 Å². The van der Waals surface area contributed by atoms with E-state index < -0.39 is 0 Å². The molecule has 2 heterocycles. The van der Waals surface area contributed by atoms with Crippen molar-refractivity contribution < 1.29 is 0 Å². The third kappa shape index (κ3) is 1.04. The Balaban J connectivity index is 3.15. The number of thiophene rings is 1. The maximum atomic E-state index is 11.1. The van der Waals surface area contributed by atoms with Crippen molar-refractivity contribution in [3.8, 4) is 0 Å². The van der Waals surface area contributed by atoms with Gasteiger partial charge in [-0.3, -0.25) is 9.59 Å². The van der Waals surface area contributed by atoms with Crippen molar-refractivity contribution in [2.75, 3.05) is 0 Å². The number of nitrogens with one attached hydrogen (secondary N) is 1. The van der Waals surface area contributed by atoms with Crippen molar-refractivity contribution in [2.24, 2.45) is 0 Å². The van der Waals surface area contributed by atoms with Crippen LogP contribution in [-0.2, 0) is 0 Å². The van der Waals surface area contributed by atoms with E-state index in [1.165, 1.54) is 11.3 Å². The monoisotopic (exact) mass is 180 g/mol. The topological polar surface area (TPSA) is 62.8 Å². The van der Waals surface area contributed by atoms with Crippen molar-refractivity contribution in [3.05, 3.63) is 38.4 Å². The van der Waals surface area contributed by atoms with Crippen LogP contribution in [0.25, 0.3) is 10.2 Å². The Morgan fingerprint density at radius 2 is 2.25 bits per heavy atom. The summed E-state index contributed by atoms with van der Waals surface area (Å²) in [6.07, 6.45) is 0.995. The summed E-state index contributed by atoms with van der Waals surface area (Å²) in [7, 11) is 0. The average Bonchev–Trinajstić information content (AvgIpc) is 2.44. The molecule has 0 aliphatic rings. The Morgan fingerprint density at radius 1 is 1.42 bits per heavy atom. The number of H-pyrrole nitrogens is 1. The summed E-state index contributed by atoms with van der Waals surface area (Å²) in [5.41, 5.74) is -0.728. The molecule has 0 fully saturated rings. The summed E-state index contributed by atoms with van der Waals surface area (Å²) in [5.74, 6) is 0. The fourth-order valence-corrected chi connectivity index (χ4v) is 1.69. The van der Waals surface area contributed by atoms with Crippen molar-refractivity contribution in [1.82, 2.24) is 9.97 Å². The summed E-state index contributed by atoms with van der Waals surface area (Å²) in [6, 6.07) is 1.64. The first-order chi connectivity index (χ1) is 5.77. The highest BCUT2D eigenvalue weighted by atomic mass is 32.1. The first-order valence-corrected chi connectivity index (χ1v) is 4.12. The van der Waals surface area contributed by atoms with Crippen molar-refractivity contribution >= 4 is 21.6 Å². The predicted octanol–water partition coefficient (Wildman–Crippen LogP) is 0.345. The van der Waals surface area contributed by atoms with Gasteiger partial charge in [0.25, 0.3) is 11.1 Å². The molecule has 4 nitrogen and oxygen atoms in total. The number of hydrogen-bond acceptors (Lipinski definition) is 4. The number of rotatable bonds is 0. The third-order valence-corrected chi connectivity index (χ3v) is 2.26. The van der Waals surface area contributed by atoms with Crippen LogP contribution in [0.2, 0.25) is 0 Å². The Hall–Kier alpha value is -1.49. The molecule has 0 spiro atoms. The molecule has 2 aromatic rings. The van der Waals surface area contributed by atoms with Gasteiger partial charge in [0, 0.05) is 0 Å². The zero-order valence-electron chi connectivity index (χ0n) is 5.90. The summed E-state index contributed by atoms with van der Waals surface area (Å²) in [6.45, 7) is 0. The van der Waals surface area contributed by atoms with Gasteiger partial charge < -0.3 is 4.98 Å². The normalized spacial score (nSPS) is 10.3. The van der Waals surface area contributed by atoms with Gasteiger partial charge in [0.1, 0.15) is 4.83 Å². The zero-order valence-corrected chi connectivity index (χ0v) is 6.72. The highest BCUT2D eigenvalue weighted by Crippen LogP contribution is 2.10. The largest absolute Gasteiger partial charge is 0.312 e. The van der Waals surface area contributed by atoms with Gasteiger partial charge in [0.2, 0.25) is 0 Å². The average molecular weight is 180 g/mol. The Kier molecular flexibility index (Phi) is 1.51. The molecule has 0 unspecified atom stereocenters. The molecule has 0 saturated heterocycles. The van der Waals surface area contributed by atoms with E-state index in [0.717, 1.165) is 6.20 Å². The van der Waals surface area contributed by atoms with Gasteiger partial charge in [-0.05, 0) is 11.4 Å². The number of aromatic nitrogens is 2. The molecule has 1 N–H and O–H groups in total. The smallest absolute Gasteiger partial charge is 0.280 e. The van der Waals surface area contributed by atoms with Crippen molar-refractivity contribution in [1.29, 1.82) is 0 Å².